The molecular weight excluding hydrogens is 371 g/mol. The van der Waals surface area contributed by atoms with E-state index in [4.69, 9.17) is 23.2 Å². The van der Waals surface area contributed by atoms with Crippen molar-refractivity contribution in [1.82, 2.24) is 14.9 Å². The van der Waals surface area contributed by atoms with Gasteiger partial charge in [-0.3, -0.25) is 9.78 Å². The van der Waals surface area contributed by atoms with Gasteiger partial charge >= 0.3 is 0 Å². The minimum absolute atomic E-state index is 0.0194. The summed E-state index contributed by atoms with van der Waals surface area (Å²) in [6.45, 7) is 2.69. The Kier molecular flexibility index (Phi) is 4.66. The van der Waals surface area contributed by atoms with Crippen LogP contribution in [0, 0.1) is 0 Å². The van der Waals surface area contributed by atoms with E-state index in [2.05, 4.69) is 14.9 Å². The SMILES string of the molecule is O=C(c1ccc(Cl)c2cccnc12)N1CCN(c2ccc(Cl)cn2)CC1. The number of rotatable bonds is 2. The molecule has 0 N–H and O–H groups in total. The monoisotopic (exact) mass is 386 g/mol. The van der Waals surface area contributed by atoms with Crippen LogP contribution in [0.1, 0.15) is 10.4 Å². The minimum atomic E-state index is -0.0194. The number of carbonyl (C=O) groups excluding carboxylic acids is 1. The Labute approximate surface area is 161 Å². The molecule has 0 saturated carbocycles. The fraction of sp³-hybridized carbons (Fsp3) is 0.211. The van der Waals surface area contributed by atoms with Crippen molar-refractivity contribution in [2.75, 3.05) is 31.1 Å². The lowest BCUT2D eigenvalue weighted by Gasteiger charge is -2.35. The van der Waals surface area contributed by atoms with E-state index in [0.717, 1.165) is 24.3 Å². The number of benzene rings is 1. The number of halogens is 2. The van der Waals surface area contributed by atoms with Crippen molar-refractivity contribution in [3.05, 3.63) is 64.4 Å². The third-order valence-electron chi connectivity index (χ3n) is 4.55. The zero-order chi connectivity index (χ0) is 18.1. The van der Waals surface area contributed by atoms with Crippen LogP contribution in [0.5, 0.6) is 0 Å². The van der Waals surface area contributed by atoms with Gasteiger partial charge in [0.15, 0.2) is 0 Å². The van der Waals surface area contributed by atoms with Gasteiger partial charge in [-0.05, 0) is 36.4 Å². The molecule has 0 radical (unpaired) electrons. The lowest BCUT2D eigenvalue weighted by atomic mass is 10.1. The third-order valence-corrected chi connectivity index (χ3v) is 5.10. The minimum Gasteiger partial charge on any atom is -0.353 e. The summed E-state index contributed by atoms with van der Waals surface area (Å²) < 4.78 is 0. The van der Waals surface area contributed by atoms with E-state index in [-0.39, 0.29) is 5.91 Å². The lowest BCUT2D eigenvalue weighted by Crippen LogP contribution is -2.49. The molecule has 1 aromatic carbocycles. The van der Waals surface area contributed by atoms with E-state index < -0.39 is 0 Å². The van der Waals surface area contributed by atoms with E-state index in [1.807, 2.05) is 29.2 Å². The Morgan fingerprint density at radius 2 is 1.77 bits per heavy atom. The maximum Gasteiger partial charge on any atom is 0.256 e. The molecule has 0 bridgehead atoms. The molecule has 2 aromatic heterocycles. The number of fused-ring (bicyclic) bond motifs is 1. The number of piperazine rings is 1. The van der Waals surface area contributed by atoms with Crippen molar-refractivity contribution >= 4 is 45.8 Å². The van der Waals surface area contributed by atoms with E-state index in [1.54, 1.807) is 24.5 Å². The van der Waals surface area contributed by atoms with Gasteiger partial charge in [-0.25, -0.2) is 4.98 Å². The van der Waals surface area contributed by atoms with Crippen LogP contribution >= 0.6 is 23.2 Å². The van der Waals surface area contributed by atoms with Crippen LogP contribution in [0.2, 0.25) is 10.0 Å². The molecule has 0 atom stereocenters. The molecule has 132 valence electrons. The van der Waals surface area contributed by atoms with E-state index in [1.165, 1.54) is 0 Å². The molecule has 7 heteroatoms. The van der Waals surface area contributed by atoms with Crippen LogP contribution in [0.3, 0.4) is 0 Å². The van der Waals surface area contributed by atoms with E-state index >= 15 is 0 Å². The second kappa shape index (κ2) is 7.09. The Morgan fingerprint density at radius 1 is 0.962 bits per heavy atom. The lowest BCUT2D eigenvalue weighted by molar-refractivity contribution is 0.0748. The summed E-state index contributed by atoms with van der Waals surface area (Å²) in [5.41, 5.74) is 1.23. The fourth-order valence-electron chi connectivity index (χ4n) is 3.17. The smallest absolute Gasteiger partial charge is 0.256 e. The van der Waals surface area contributed by atoms with Gasteiger partial charge in [0.1, 0.15) is 5.82 Å². The van der Waals surface area contributed by atoms with Crippen LogP contribution in [-0.4, -0.2) is 47.0 Å². The molecule has 1 amide bonds. The quantitative estimate of drug-likeness (QED) is 0.669. The predicted octanol–water partition coefficient (Wildman–Crippen LogP) is 3.90. The molecule has 26 heavy (non-hydrogen) atoms. The fourth-order valence-corrected chi connectivity index (χ4v) is 3.50. The van der Waals surface area contributed by atoms with Gasteiger partial charge in [-0.15, -0.1) is 0 Å². The third kappa shape index (κ3) is 3.20. The summed E-state index contributed by atoms with van der Waals surface area (Å²) >= 11 is 12.1. The second-order valence-corrected chi connectivity index (χ2v) is 6.95. The number of pyridine rings is 2. The zero-order valence-electron chi connectivity index (χ0n) is 13.9. The number of anilines is 1. The van der Waals surface area contributed by atoms with Crippen LogP contribution < -0.4 is 4.90 Å². The van der Waals surface area contributed by atoms with Crippen LogP contribution in [0.4, 0.5) is 5.82 Å². The van der Waals surface area contributed by atoms with Gasteiger partial charge in [0.2, 0.25) is 0 Å². The highest BCUT2D eigenvalue weighted by atomic mass is 35.5. The van der Waals surface area contributed by atoms with Crippen molar-refractivity contribution in [3.8, 4) is 0 Å². The van der Waals surface area contributed by atoms with Crippen LogP contribution in [0.15, 0.2) is 48.8 Å². The number of hydrogen-bond donors (Lipinski definition) is 0. The Bertz CT molecular complexity index is 953. The van der Waals surface area contributed by atoms with Crippen LogP contribution in [0.25, 0.3) is 10.9 Å². The van der Waals surface area contributed by atoms with Gasteiger partial charge in [-0.1, -0.05) is 23.2 Å². The maximum absolute atomic E-state index is 13.0. The summed E-state index contributed by atoms with van der Waals surface area (Å²) in [6.07, 6.45) is 3.32. The van der Waals surface area contributed by atoms with Crippen molar-refractivity contribution < 1.29 is 4.79 Å². The zero-order valence-corrected chi connectivity index (χ0v) is 15.4. The average Bonchev–Trinajstić information content (AvgIpc) is 2.69. The number of amides is 1. The molecule has 1 aliphatic rings. The first-order valence-corrected chi connectivity index (χ1v) is 9.08. The second-order valence-electron chi connectivity index (χ2n) is 6.11. The molecule has 4 rings (SSSR count). The molecule has 1 aliphatic heterocycles. The topological polar surface area (TPSA) is 49.3 Å². The maximum atomic E-state index is 13.0. The largest absolute Gasteiger partial charge is 0.353 e. The number of aromatic nitrogens is 2. The Balaban J connectivity index is 1.52. The molecule has 0 spiro atoms. The van der Waals surface area contributed by atoms with Gasteiger partial charge in [-0.2, -0.15) is 0 Å². The molecule has 0 unspecified atom stereocenters. The first kappa shape index (κ1) is 17.1. The first-order valence-electron chi connectivity index (χ1n) is 8.32. The standard InChI is InChI=1S/C19H16Cl2N4O/c20-13-3-6-17(23-12-13)24-8-10-25(11-9-24)19(26)15-4-5-16(21)14-2-1-7-22-18(14)15/h1-7,12H,8-11H2. The molecule has 1 fully saturated rings. The number of carbonyl (C=O) groups is 1. The predicted molar refractivity (Wildman–Crippen MR) is 104 cm³/mol. The summed E-state index contributed by atoms with van der Waals surface area (Å²) in [4.78, 5) is 25.7. The highest BCUT2D eigenvalue weighted by Gasteiger charge is 2.24. The van der Waals surface area contributed by atoms with E-state index in [0.29, 0.717) is 34.2 Å². The van der Waals surface area contributed by atoms with Crippen LogP contribution in [-0.2, 0) is 0 Å². The summed E-state index contributed by atoms with van der Waals surface area (Å²) in [6, 6.07) is 10.9. The molecule has 1 saturated heterocycles. The highest BCUT2D eigenvalue weighted by Crippen LogP contribution is 2.26. The van der Waals surface area contributed by atoms with E-state index in [9.17, 15) is 4.79 Å². The number of nitrogens with zero attached hydrogens (tertiary/aromatic N) is 4. The van der Waals surface area contributed by atoms with Crippen molar-refractivity contribution in [1.29, 1.82) is 0 Å². The molecule has 5 nitrogen and oxygen atoms in total. The Hall–Kier alpha value is -2.37. The molecule has 3 aromatic rings. The summed E-state index contributed by atoms with van der Waals surface area (Å²) in [5, 5.41) is 2.01. The summed E-state index contributed by atoms with van der Waals surface area (Å²) in [7, 11) is 0. The van der Waals surface area contributed by atoms with Crippen molar-refractivity contribution in [3.63, 3.8) is 0 Å². The molecular formula is C19H16Cl2N4O. The molecule has 3 heterocycles. The normalized spacial score (nSPS) is 14.7. The van der Waals surface area contributed by atoms with Gasteiger partial charge in [0, 0.05) is 44.0 Å². The number of hydrogen-bond acceptors (Lipinski definition) is 4. The van der Waals surface area contributed by atoms with Gasteiger partial charge < -0.3 is 9.80 Å². The van der Waals surface area contributed by atoms with Crippen molar-refractivity contribution in [2.24, 2.45) is 0 Å². The molecule has 0 aliphatic carbocycles. The highest BCUT2D eigenvalue weighted by molar-refractivity contribution is 6.36. The van der Waals surface area contributed by atoms with Gasteiger partial charge in [0.25, 0.3) is 5.91 Å². The Morgan fingerprint density at radius 3 is 2.50 bits per heavy atom. The summed E-state index contributed by atoms with van der Waals surface area (Å²) in [5.74, 6) is 0.856. The average molecular weight is 387 g/mol. The first-order chi connectivity index (χ1) is 12.6. The van der Waals surface area contributed by atoms with Gasteiger partial charge in [0.05, 0.1) is 21.1 Å². The van der Waals surface area contributed by atoms with Crippen molar-refractivity contribution in [2.45, 2.75) is 0 Å².